The Morgan fingerprint density at radius 1 is 1.13 bits per heavy atom. The molecule has 0 unspecified atom stereocenters. The first kappa shape index (κ1) is 29.4. The van der Waals surface area contributed by atoms with Crippen LogP contribution in [0.3, 0.4) is 0 Å². The van der Waals surface area contributed by atoms with Crippen LogP contribution in [0.5, 0.6) is 5.75 Å². The SMILES string of the molecule is CNC(=O)C1=C[C@@H](c2ccc(C(F)(F)F)cc2)C[C@@H](OCCN(CCO)S(=O)(=O)c2ccc(OC)cc2)O1. The first-order valence-corrected chi connectivity index (χ1v) is 13.1. The van der Waals surface area contributed by atoms with Crippen molar-refractivity contribution >= 4 is 15.9 Å². The summed E-state index contributed by atoms with van der Waals surface area (Å²) in [5, 5.41) is 11.8. The van der Waals surface area contributed by atoms with Crippen LogP contribution >= 0.6 is 0 Å². The molecule has 1 amide bonds. The molecule has 9 nitrogen and oxygen atoms in total. The summed E-state index contributed by atoms with van der Waals surface area (Å²) in [7, 11) is -1.10. The summed E-state index contributed by atoms with van der Waals surface area (Å²) in [6, 6.07) is 10.4. The van der Waals surface area contributed by atoms with Crippen molar-refractivity contribution in [2.24, 2.45) is 0 Å². The van der Waals surface area contributed by atoms with Crippen molar-refractivity contribution in [3.05, 3.63) is 71.5 Å². The van der Waals surface area contributed by atoms with Gasteiger partial charge >= 0.3 is 6.18 Å². The monoisotopic (exact) mass is 558 g/mol. The van der Waals surface area contributed by atoms with Crippen molar-refractivity contribution in [3.63, 3.8) is 0 Å². The number of aliphatic hydroxyl groups excluding tert-OH is 1. The number of ether oxygens (including phenoxy) is 3. The molecule has 208 valence electrons. The third-order valence-electron chi connectivity index (χ3n) is 5.87. The maximum atomic E-state index is 13.1. The normalized spacial score (nSPS) is 18.0. The number of hydrogen-bond acceptors (Lipinski definition) is 7. The summed E-state index contributed by atoms with van der Waals surface area (Å²) >= 11 is 0. The van der Waals surface area contributed by atoms with Crippen LogP contribution in [0, 0.1) is 0 Å². The predicted octanol–water partition coefficient (Wildman–Crippen LogP) is 2.87. The first-order chi connectivity index (χ1) is 18.0. The van der Waals surface area contributed by atoms with E-state index in [4.69, 9.17) is 14.2 Å². The number of methoxy groups -OCH3 is 1. The Labute approximate surface area is 218 Å². The molecule has 0 aromatic heterocycles. The van der Waals surface area contributed by atoms with E-state index >= 15 is 0 Å². The van der Waals surface area contributed by atoms with E-state index in [1.807, 2.05) is 0 Å². The molecule has 0 radical (unpaired) electrons. The number of aliphatic hydroxyl groups is 1. The average molecular weight is 559 g/mol. The van der Waals surface area contributed by atoms with E-state index in [1.54, 1.807) is 0 Å². The molecule has 2 aromatic rings. The number of alkyl halides is 3. The van der Waals surface area contributed by atoms with Crippen molar-refractivity contribution in [2.75, 3.05) is 40.5 Å². The van der Waals surface area contributed by atoms with Crippen LogP contribution in [0.4, 0.5) is 13.2 Å². The number of nitrogens with zero attached hydrogens (tertiary/aromatic N) is 1. The molecule has 0 saturated heterocycles. The van der Waals surface area contributed by atoms with E-state index in [-0.39, 0.29) is 36.8 Å². The number of rotatable bonds is 11. The van der Waals surface area contributed by atoms with Gasteiger partial charge < -0.3 is 24.6 Å². The quantitative estimate of drug-likeness (QED) is 0.436. The predicted molar refractivity (Wildman–Crippen MR) is 131 cm³/mol. The molecule has 0 saturated carbocycles. The Balaban J connectivity index is 1.71. The lowest BCUT2D eigenvalue weighted by Crippen LogP contribution is -2.38. The number of nitrogens with one attached hydrogen (secondary N) is 1. The lowest BCUT2D eigenvalue weighted by Gasteiger charge is -2.30. The number of amides is 1. The fourth-order valence-corrected chi connectivity index (χ4v) is 5.25. The second kappa shape index (κ2) is 12.6. The number of carbonyl (C=O) groups is 1. The zero-order valence-electron chi connectivity index (χ0n) is 20.8. The molecule has 0 fully saturated rings. The van der Waals surface area contributed by atoms with Gasteiger partial charge in [0.15, 0.2) is 5.76 Å². The van der Waals surface area contributed by atoms with Gasteiger partial charge in [-0.25, -0.2) is 8.42 Å². The number of halogens is 3. The van der Waals surface area contributed by atoms with E-state index in [0.717, 1.165) is 16.4 Å². The van der Waals surface area contributed by atoms with Gasteiger partial charge in [-0.15, -0.1) is 0 Å². The Kier molecular flexibility index (Phi) is 9.77. The summed E-state index contributed by atoms with van der Waals surface area (Å²) in [5.74, 6) is -0.608. The molecule has 1 aliphatic heterocycles. The molecule has 3 rings (SSSR count). The highest BCUT2D eigenvalue weighted by molar-refractivity contribution is 7.89. The summed E-state index contributed by atoms with van der Waals surface area (Å²) in [6.07, 6.45) is -3.76. The van der Waals surface area contributed by atoms with Crippen molar-refractivity contribution in [1.82, 2.24) is 9.62 Å². The van der Waals surface area contributed by atoms with Gasteiger partial charge in [0.25, 0.3) is 5.91 Å². The zero-order valence-corrected chi connectivity index (χ0v) is 21.6. The van der Waals surface area contributed by atoms with Crippen LogP contribution in [0.2, 0.25) is 0 Å². The highest BCUT2D eigenvalue weighted by Gasteiger charge is 2.32. The van der Waals surface area contributed by atoms with Crippen molar-refractivity contribution in [1.29, 1.82) is 0 Å². The third-order valence-corrected chi connectivity index (χ3v) is 7.78. The number of sulfonamides is 1. The summed E-state index contributed by atoms with van der Waals surface area (Å²) < 4.78 is 82.5. The van der Waals surface area contributed by atoms with Gasteiger partial charge in [0, 0.05) is 32.5 Å². The van der Waals surface area contributed by atoms with Crippen LogP contribution in [0.25, 0.3) is 0 Å². The van der Waals surface area contributed by atoms with Crippen molar-refractivity contribution in [2.45, 2.75) is 29.7 Å². The van der Waals surface area contributed by atoms with Crippen LogP contribution in [0.1, 0.15) is 23.5 Å². The van der Waals surface area contributed by atoms with Gasteiger partial charge in [0.1, 0.15) is 5.75 Å². The minimum atomic E-state index is -4.48. The maximum Gasteiger partial charge on any atom is 0.416 e. The van der Waals surface area contributed by atoms with Gasteiger partial charge in [0.05, 0.1) is 30.8 Å². The van der Waals surface area contributed by atoms with E-state index in [0.29, 0.717) is 11.3 Å². The van der Waals surface area contributed by atoms with Crippen LogP contribution in [0.15, 0.2) is 65.3 Å². The topological polar surface area (TPSA) is 114 Å². The van der Waals surface area contributed by atoms with E-state index in [2.05, 4.69) is 5.32 Å². The van der Waals surface area contributed by atoms with Crippen molar-refractivity contribution in [3.8, 4) is 5.75 Å². The van der Waals surface area contributed by atoms with E-state index < -0.39 is 46.5 Å². The highest BCUT2D eigenvalue weighted by Crippen LogP contribution is 2.34. The standard InChI is InChI=1S/C25H29F3N2O7S/c1-29-24(32)22-15-18(17-3-5-19(6-4-17)25(26,27)28)16-23(37-22)36-14-12-30(11-13-31)38(33,34)21-9-7-20(35-2)8-10-21/h3-10,15,18,23,31H,11-14,16H2,1-2H3,(H,29,32)/t18-,23+/m1/s1. The molecule has 1 heterocycles. The Hall–Kier alpha value is -3.13. The van der Waals surface area contributed by atoms with Gasteiger partial charge in [-0.1, -0.05) is 12.1 Å². The zero-order chi connectivity index (χ0) is 27.9. The molecule has 13 heteroatoms. The molecule has 2 N–H and O–H groups in total. The molecule has 0 aliphatic carbocycles. The van der Waals surface area contributed by atoms with E-state index in [9.17, 15) is 31.5 Å². The van der Waals surface area contributed by atoms with Gasteiger partial charge in [0.2, 0.25) is 16.3 Å². The second-order valence-electron chi connectivity index (χ2n) is 8.29. The molecule has 2 atom stereocenters. The molecule has 0 bridgehead atoms. The minimum Gasteiger partial charge on any atom is -0.497 e. The number of benzene rings is 2. The van der Waals surface area contributed by atoms with Crippen LogP contribution < -0.4 is 10.1 Å². The molecule has 1 aliphatic rings. The second-order valence-corrected chi connectivity index (χ2v) is 10.2. The fraction of sp³-hybridized carbons (Fsp3) is 0.400. The molecular weight excluding hydrogens is 529 g/mol. The first-order valence-electron chi connectivity index (χ1n) is 11.6. The number of likely N-dealkylation sites (N-methyl/N-ethyl adjacent to an activating group) is 1. The lowest BCUT2D eigenvalue weighted by atomic mass is 9.92. The van der Waals surface area contributed by atoms with Crippen LogP contribution in [-0.4, -0.2) is 70.5 Å². The highest BCUT2D eigenvalue weighted by atomic mass is 32.2. The number of hydrogen-bond donors (Lipinski definition) is 2. The summed E-state index contributed by atoms with van der Waals surface area (Å²) in [6.45, 7) is -0.866. The Morgan fingerprint density at radius 3 is 2.34 bits per heavy atom. The lowest BCUT2D eigenvalue weighted by molar-refractivity contribution is -0.146. The fourth-order valence-electron chi connectivity index (χ4n) is 3.84. The molecular formula is C25H29F3N2O7S. The maximum absolute atomic E-state index is 13.1. The van der Waals surface area contributed by atoms with Gasteiger partial charge in [-0.2, -0.15) is 17.5 Å². The molecule has 38 heavy (non-hydrogen) atoms. The molecule has 0 spiro atoms. The van der Waals surface area contributed by atoms with Gasteiger partial charge in [-0.3, -0.25) is 4.79 Å². The Bertz CT molecular complexity index is 1220. The summed E-state index contributed by atoms with van der Waals surface area (Å²) in [4.78, 5) is 12.3. The van der Waals surface area contributed by atoms with Crippen molar-refractivity contribution < 1.29 is 45.7 Å². The number of carbonyl (C=O) groups excluding carboxylic acids is 1. The van der Waals surface area contributed by atoms with Gasteiger partial charge in [-0.05, 0) is 48.0 Å². The number of allylic oxidation sites excluding steroid dienone is 1. The third kappa shape index (κ3) is 7.25. The average Bonchev–Trinajstić information content (AvgIpc) is 2.91. The summed E-state index contributed by atoms with van der Waals surface area (Å²) in [5.41, 5.74) is -0.265. The van der Waals surface area contributed by atoms with E-state index in [1.165, 1.54) is 56.6 Å². The molecule has 2 aromatic carbocycles. The van der Waals surface area contributed by atoms with Crippen LogP contribution in [-0.2, 0) is 30.5 Å². The largest absolute Gasteiger partial charge is 0.497 e. The minimum absolute atomic E-state index is 0.00729. The Morgan fingerprint density at radius 2 is 1.79 bits per heavy atom. The smallest absolute Gasteiger partial charge is 0.416 e.